The fourth-order valence-corrected chi connectivity index (χ4v) is 4.30. The largest absolute Gasteiger partial charge is 0.352 e. The Kier molecular flexibility index (Phi) is 8.22. The van der Waals surface area contributed by atoms with E-state index >= 15 is 0 Å². The van der Waals surface area contributed by atoms with Crippen molar-refractivity contribution >= 4 is 22.1 Å². The lowest BCUT2D eigenvalue weighted by molar-refractivity contribution is 0.194. The van der Waals surface area contributed by atoms with Gasteiger partial charge in [-0.05, 0) is 30.3 Å². The van der Waals surface area contributed by atoms with Gasteiger partial charge in [-0.3, -0.25) is 9.89 Å². The molecule has 0 radical (unpaired) electrons. The van der Waals surface area contributed by atoms with E-state index in [4.69, 9.17) is 0 Å². The minimum Gasteiger partial charge on any atom is -0.352 e. The Bertz CT molecular complexity index is 998. The molecule has 1 aliphatic heterocycles. The van der Waals surface area contributed by atoms with E-state index in [0.29, 0.717) is 6.54 Å². The van der Waals surface area contributed by atoms with Crippen molar-refractivity contribution < 1.29 is 8.42 Å². The highest BCUT2D eigenvalue weighted by atomic mass is 32.2. The number of guanidine groups is 1. The highest BCUT2D eigenvalue weighted by Crippen LogP contribution is 2.11. The molecule has 1 aliphatic rings. The SMILES string of the molecule is CN=C(NCc1cccc(S(=O)(=O)NC)c1)N1CCN(C/C=C/c2ccccc2)CC1. The molecule has 2 aromatic rings. The van der Waals surface area contributed by atoms with Crippen molar-refractivity contribution in [2.24, 2.45) is 4.99 Å². The Morgan fingerprint density at radius 1 is 1.06 bits per heavy atom. The summed E-state index contributed by atoms with van der Waals surface area (Å²) < 4.78 is 26.4. The quantitative estimate of drug-likeness (QED) is 0.508. The lowest BCUT2D eigenvalue weighted by atomic mass is 10.2. The van der Waals surface area contributed by atoms with Gasteiger partial charge in [0.1, 0.15) is 0 Å². The lowest BCUT2D eigenvalue weighted by Crippen LogP contribution is -2.52. The fraction of sp³-hybridized carbons (Fsp3) is 0.348. The van der Waals surface area contributed by atoms with E-state index < -0.39 is 10.0 Å². The predicted octanol–water partition coefficient (Wildman–Crippen LogP) is 2.00. The third kappa shape index (κ3) is 6.65. The number of rotatable bonds is 7. The molecule has 166 valence electrons. The molecule has 1 heterocycles. The third-order valence-corrected chi connectivity index (χ3v) is 6.70. The Morgan fingerprint density at radius 3 is 2.48 bits per heavy atom. The number of hydrogen-bond donors (Lipinski definition) is 2. The summed E-state index contributed by atoms with van der Waals surface area (Å²) in [4.78, 5) is 9.34. The number of nitrogens with zero attached hydrogens (tertiary/aromatic N) is 3. The zero-order valence-corrected chi connectivity index (χ0v) is 19.0. The standard InChI is InChI=1S/C23H31N5O2S/c1-24-23(26-19-21-10-6-12-22(18-21)31(29,30)25-2)28-16-14-27(15-17-28)13-7-11-20-8-4-3-5-9-20/h3-12,18,25H,13-17,19H2,1-2H3,(H,24,26)/b11-7+. The second-order valence-corrected chi connectivity index (χ2v) is 9.24. The molecule has 8 heteroatoms. The molecule has 3 rings (SSSR count). The van der Waals surface area contributed by atoms with E-state index in [1.54, 1.807) is 25.2 Å². The van der Waals surface area contributed by atoms with Crippen LogP contribution >= 0.6 is 0 Å². The van der Waals surface area contributed by atoms with Crippen molar-refractivity contribution in [1.29, 1.82) is 0 Å². The molecule has 2 aromatic carbocycles. The first-order chi connectivity index (χ1) is 15.0. The van der Waals surface area contributed by atoms with Gasteiger partial charge in [-0.15, -0.1) is 0 Å². The number of nitrogens with one attached hydrogen (secondary N) is 2. The normalized spacial score (nSPS) is 16.1. The van der Waals surface area contributed by atoms with Crippen LogP contribution in [-0.4, -0.2) is 71.0 Å². The molecular weight excluding hydrogens is 410 g/mol. The van der Waals surface area contributed by atoms with E-state index in [1.807, 2.05) is 24.3 Å². The van der Waals surface area contributed by atoms with Crippen molar-refractivity contribution in [1.82, 2.24) is 19.8 Å². The van der Waals surface area contributed by atoms with Gasteiger partial charge in [-0.25, -0.2) is 13.1 Å². The third-order valence-electron chi connectivity index (χ3n) is 5.29. The minimum absolute atomic E-state index is 0.265. The molecule has 2 N–H and O–H groups in total. The van der Waals surface area contributed by atoms with Crippen LogP contribution in [-0.2, 0) is 16.6 Å². The van der Waals surface area contributed by atoms with Gasteiger partial charge in [0.05, 0.1) is 4.90 Å². The maximum Gasteiger partial charge on any atom is 0.240 e. The average molecular weight is 442 g/mol. The van der Waals surface area contributed by atoms with Crippen molar-refractivity contribution in [3.63, 3.8) is 0 Å². The van der Waals surface area contributed by atoms with Gasteiger partial charge in [0.25, 0.3) is 0 Å². The Labute approximate surface area is 185 Å². The number of hydrogen-bond acceptors (Lipinski definition) is 4. The Morgan fingerprint density at radius 2 is 1.81 bits per heavy atom. The summed E-state index contributed by atoms with van der Waals surface area (Å²) in [5.74, 6) is 0.835. The van der Waals surface area contributed by atoms with E-state index in [1.165, 1.54) is 12.6 Å². The molecule has 0 spiro atoms. The summed E-state index contributed by atoms with van der Waals surface area (Å²) in [6.45, 7) is 5.17. The molecule has 7 nitrogen and oxygen atoms in total. The molecule has 0 unspecified atom stereocenters. The molecule has 0 bridgehead atoms. The van der Waals surface area contributed by atoms with Gasteiger partial charge >= 0.3 is 0 Å². The molecule has 0 aromatic heterocycles. The molecule has 1 fully saturated rings. The van der Waals surface area contributed by atoms with Gasteiger partial charge in [0.2, 0.25) is 10.0 Å². The molecule has 0 amide bonds. The predicted molar refractivity (Wildman–Crippen MR) is 126 cm³/mol. The van der Waals surface area contributed by atoms with Crippen LogP contribution in [0.4, 0.5) is 0 Å². The first-order valence-electron chi connectivity index (χ1n) is 10.4. The molecule has 0 atom stereocenters. The van der Waals surface area contributed by atoms with Crippen LogP contribution < -0.4 is 10.0 Å². The number of piperazine rings is 1. The second kappa shape index (κ2) is 11.1. The summed E-state index contributed by atoms with van der Waals surface area (Å²) in [5, 5.41) is 3.36. The van der Waals surface area contributed by atoms with E-state index in [0.717, 1.165) is 44.2 Å². The number of sulfonamides is 1. The second-order valence-electron chi connectivity index (χ2n) is 7.36. The molecule has 0 saturated carbocycles. The van der Waals surface area contributed by atoms with Gasteiger partial charge in [0, 0.05) is 46.3 Å². The number of aliphatic imine (C=N–C) groups is 1. The summed E-state index contributed by atoms with van der Waals surface area (Å²) >= 11 is 0. The Balaban J connectivity index is 1.48. The molecule has 0 aliphatic carbocycles. The fourth-order valence-electron chi connectivity index (χ4n) is 3.50. The zero-order valence-electron chi connectivity index (χ0n) is 18.2. The summed E-state index contributed by atoms with van der Waals surface area (Å²) in [7, 11) is -0.254. The van der Waals surface area contributed by atoms with Gasteiger partial charge < -0.3 is 10.2 Å². The topological polar surface area (TPSA) is 77.0 Å². The maximum atomic E-state index is 12.0. The van der Waals surface area contributed by atoms with Crippen LogP contribution in [0.5, 0.6) is 0 Å². The lowest BCUT2D eigenvalue weighted by Gasteiger charge is -2.36. The van der Waals surface area contributed by atoms with Crippen molar-refractivity contribution in [2.75, 3.05) is 46.8 Å². The van der Waals surface area contributed by atoms with Gasteiger partial charge in [-0.2, -0.15) is 0 Å². The van der Waals surface area contributed by atoms with Crippen molar-refractivity contribution in [3.05, 3.63) is 71.8 Å². The van der Waals surface area contributed by atoms with E-state index in [9.17, 15) is 8.42 Å². The smallest absolute Gasteiger partial charge is 0.240 e. The van der Waals surface area contributed by atoms with Crippen LogP contribution in [0.2, 0.25) is 0 Å². The van der Waals surface area contributed by atoms with Gasteiger partial charge in [0.15, 0.2) is 5.96 Å². The maximum absolute atomic E-state index is 12.0. The average Bonchev–Trinajstić information content (AvgIpc) is 2.81. The first-order valence-corrected chi connectivity index (χ1v) is 11.9. The molecular formula is C23H31N5O2S. The number of benzene rings is 2. The highest BCUT2D eigenvalue weighted by Gasteiger charge is 2.19. The van der Waals surface area contributed by atoms with Crippen LogP contribution in [0.3, 0.4) is 0 Å². The van der Waals surface area contributed by atoms with Crippen molar-refractivity contribution in [2.45, 2.75) is 11.4 Å². The van der Waals surface area contributed by atoms with Crippen LogP contribution in [0.15, 0.2) is 70.6 Å². The van der Waals surface area contributed by atoms with Crippen LogP contribution in [0.1, 0.15) is 11.1 Å². The Hall–Kier alpha value is -2.68. The van der Waals surface area contributed by atoms with Crippen LogP contribution in [0.25, 0.3) is 6.08 Å². The van der Waals surface area contributed by atoms with Crippen molar-refractivity contribution in [3.8, 4) is 0 Å². The molecule has 31 heavy (non-hydrogen) atoms. The van der Waals surface area contributed by atoms with E-state index in [-0.39, 0.29) is 4.90 Å². The van der Waals surface area contributed by atoms with Crippen LogP contribution in [0, 0.1) is 0 Å². The van der Waals surface area contributed by atoms with E-state index in [2.05, 4.69) is 49.1 Å². The minimum atomic E-state index is -3.45. The van der Waals surface area contributed by atoms with Gasteiger partial charge in [-0.1, -0.05) is 54.6 Å². The summed E-state index contributed by atoms with van der Waals surface area (Å²) in [6, 6.07) is 17.3. The monoisotopic (exact) mass is 441 g/mol. The first kappa shape index (κ1) is 23.0. The summed E-state index contributed by atoms with van der Waals surface area (Å²) in [5.41, 5.74) is 2.11. The zero-order chi connectivity index (χ0) is 22.1. The highest BCUT2D eigenvalue weighted by molar-refractivity contribution is 7.89. The molecule has 1 saturated heterocycles. The summed E-state index contributed by atoms with van der Waals surface area (Å²) in [6.07, 6.45) is 4.37.